The van der Waals surface area contributed by atoms with Crippen LogP contribution in [0.4, 0.5) is 0 Å². The number of hydrogen-bond donors (Lipinski definition) is 1. The van der Waals surface area contributed by atoms with E-state index in [4.69, 9.17) is 11.6 Å². The summed E-state index contributed by atoms with van der Waals surface area (Å²) in [5, 5.41) is 10.2. The van der Waals surface area contributed by atoms with Crippen molar-refractivity contribution in [2.24, 2.45) is 13.0 Å². The van der Waals surface area contributed by atoms with Crippen LogP contribution in [-0.2, 0) is 19.9 Å². The van der Waals surface area contributed by atoms with Crippen LogP contribution in [0, 0.1) is 5.92 Å². The minimum absolute atomic E-state index is 0.191. The number of hydrogen-bond acceptors (Lipinski definition) is 2. The van der Waals surface area contributed by atoms with Crippen LogP contribution in [0.1, 0.15) is 17.8 Å². The normalized spacial score (nSPS) is 12.6. The third kappa shape index (κ3) is 4.08. The molecule has 0 fully saturated rings. The molecule has 102 valence electrons. The standard InChI is InChI=1S/C15H19ClN2O/c1-18-8-7-17-15(18)6-5-13(11-19)9-12-3-2-4-14(16)10-12/h2-4,7-8,10,13,19H,5-6,9,11H2,1H3. The molecule has 3 nitrogen and oxygen atoms in total. The Morgan fingerprint density at radius 3 is 2.89 bits per heavy atom. The van der Waals surface area contributed by atoms with Crippen molar-refractivity contribution >= 4 is 11.6 Å². The lowest BCUT2D eigenvalue weighted by molar-refractivity contribution is 0.217. The molecule has 1 aromatic heterocycles. The zero-order chi connectivity index (χ0) is 13.7. The second-order valence-corrected chi connectivity index (χ2v) is 5.31. The van der Waals surface area contributed by atoms with E-state index in [1.54, 1.807) is 6.20 Å². The first kappa shape index (κ1) is 14.1. The first-order valence-corrected chi connectivity index (χ1v) is 6.88. The predicted octanol–water partition coefficient (Wildman–Crippen LogP) is 2.86. The van der Waals surface area contributed by atoms with E-state index in [1.807, 2.05) is 36.0 Å². The van der Waals surface area contributed by atoms with Crippen LogP contribution < -0.4 is 0 Å². The monoisotopic (exact) mass is 278 g/mol. The molecule has 0 saturated carbocycles. The van der Waals surface area contributed by atoms with E-state index in [2.05, 4.69) is 11.1 Å². The molecule has 1 unspecified atom stereocenters. The van der Waals surface area contributed by atoms with Gasteiger partial charge >= 0.3 is 0 Å². The zero-order valence-corrected chi connectivity index (χ0v) is 11.8. The molecule has 1 heterocycles. The fourth-order valence-electron chi connectivity index (χ4n) is 2.23. The Hall–Kier alpha value is -1.32. The summed E-state index contributed by atoms with van der Waals surface area (Å²) in [5.74, 6) is 1.31. The lowest BCUT2D eigenvalue weighted by Crippen LogP contribution is -2.12. The Labute approximate surface area is 118 Å². The lowest BCUT2D eigenvalue weighted by atomic mass is 9.95. The molecule has 0 aliphatic carbocycles. The fourth-order valence-corrected chi connectivity index (χ4v) is 2.44. The highest BCUT2D eigenvalue weighted by Gasteiger charge is 2.11. The molecular weight excluding hydrogens is 260 g/mol. The largest absolute Gasteiger partial charge is 0.396 e. The first-order valence-electron chi connectivity index (χ1n) is 6.50. The van der Waals surface area contributed by atoms with Crippen LogP contribution >= 0.6 is 11.6 Å². The maximum atomic E-state index is 9.49. The van der Waals surface area contributed by atoms with Gasteiger partial charge in [0.15, 0.2) is 0 Å². The molecule has 0 bridgehead atoms. The van der Waals surface area contributed by atoms with Crippen LogP contribution in [0.5, 0.6) is 0 Å². The topological polar surface area (TPSA) is 38.0 Å². The van der Waals surface area contributed by atoms with Crippen LogP contribution in [0.3, 0.4) is 0 Å². The van der Waals surface area contributed by atoms with E-state index in [-0.39, 0.29) is 12.5 Å². The molecule has 0 saturated heterocycles. The van der Waals surface area contributed by atoms with Gasteiger partial charge in [-0.25, -0.2) is 4.98 Å². The summed E-state index contributed by atoms with van der Waals surface area (Å²) in [7, 11) is 1.99. The summed E-state index contributed by atoms with van der Waals surface area (Å²) in [6, 6.07) is 7.83. The van der Waals surface area contributed by atoms with Gasteiger partial charge in [0.05, 0.1) is 0 Å². The molecular formula is C15H19ClN2O. The van der Waals surface area contributed by atoms with Crippen molar-refractivity contribution in [2.45, 2.75) is 19.3 Å². The highest BCUT2D eigenvalue weighted by molar-refractivity contribution is 6.30. The van der Waals surface area contributed by atoms with E-state index in [0.29, 0.717) is 0 Å². The van der Waals surface area contributed by atoms with Gasteiger partial charge in [-0.2, -0.15) is 0 Å². The van der Waals surface area contributed by atoms with E-state index in [9.17, 15) is 5.11 Å². The molecule has 1 atom stereocenters. The zero-order valence-electron chi connectivity index (χ0n) is 11.1. The Bertz CT molecular complexity index is 524. The van der Waals surface area contributed by atoms with E-state index < -0.39 is 0 Å². The Kier molecular flexibility index (Phi) is 5.00. The predicted molar refractivity (Wildman–Crippen MR) is 77.3 cm³/mol. The third-order valence-corrected chi connectivity index (χ3v) is 3.60. The van der Waals surface area contributed by atoms with Crippen LogP contribution in [-0.4, -0.2) is 21.3 Å². The molecule has 2 rings (SSSR count). The number of benzene rings is 1. The number of aromatic nitrogens is 2. The highest BCUT2D eigenvalue weighted by atomic mass is 35.5. The number of rotatable bonds is 6. The molecule has 1 N–H and O–H groups in total. The van der Waals surface area contributed by atoms with Crippen molar-refractivity contribution in [3.8, 4) is 0 Å². The summed E-state index contributed by atoms with van der Waals surface area (Å²) < 4.78 is 2.02. The molecule has 0 aliphatic heterocycles. The number of nitrogens with zero attached hydrogens (tertiary/aromatic N) is 2. The SMILES string of the molecule is Cn1ccnc1CCC(CO)Cc1cccc(Cl)c1. The second kappa shape index (κ2) is 6.73. The van der Waals surface area contributed by atoms with Gasteiger partial charge in [-0.3, -0.25) is 0 Å². The van der Waals surface area contributed by atoms with Crippen LogP contribution in [0.15, 0.2) is 36.7 Å². The summed E-state index contributed by atoms with van der Waals surface area (Å²) in [6.45, 7) is 0.191. The average Bonchev–Trinajstić information content (AvgIpc) is 2.80. The molecule has 2 aromatic rings. The summed E-state index contributed by atoms with van der Waals surface area (Å²) in [6.07, 6.45) is 6.41. The second-order valence-electron chi connectivity index (χ2n) is 4.88. The summed E-state index contributed by atoms with van der Waals surface area (Å²) >= 11 is 5.97. The van der Waals surface area contributed by atoms with Crippen molar-refractivity contribution in [2.75, 3.05) is 6.61 Å². The molecule has 19 heavy (non-hydrogen) atoms. The quantitative estimate of drug-likeness (QED) is 0.882. The van der Waals surface area contributed by atoms with Gasteiger partial charge in [0.2, 0.25) is 0 Å². The first-order chi connectivity index (χ1) is 9.19. The van der Waals surface area contributed by atoms with E-state index in [0.717, 1.165) is 30.1 Å². The molecule has 1 aromatic carbocycles. The maximum absolute atomic E-state index is 9.49. The molecule has 0 spiro atoms. The van der Waals surface area contributed by atoms with Gasteiger partial charge in [-0.05, 0) is 36.5 Å². The van der Waals surface area contributed by atoms with Crippen molar-refractivity contribution in [3.63, 3.8) is 0 Å². The van der Waals surface area contributed by atoms with Gasteiger partial charge in [0, 0.05) is 37.5 Å². The smallest absolute Gasteiger partial charge is 0.108 e. The number of aliphatic hydroxyl groups is 1. The molecule has 0 amide bonds. The van der Waals surface area contributed by atoms with Crippen LogP contribution in [0.2, 0.25) is 5.02 Å². The molecule has 0 radical (unpaired) electrons. The average molecular weight is 279 g/mol. The van der Waals surface area contributed by atoms with E-state index >= 15 is 0 Å². The van der Waals surface area contributed by atoms with E-state index in [1.165, 1.54) is 5.56 Å². The van der Waals surface area contributed by atoms with Crippen molar-refractivity contribution in [1.29, 1.82) is 0 Å². The van der Waals surface area contributed by atoms with Crippen LogP contribution in [0.25, 0.3) is 0 Å². The highest BCUT2D eigenvalue weighted by Crippen LogP contribution is 2.17. The van der Waals surface area contributed by atoms with Gasteiger partial charge in [-0.1, -0.05) is 23.7 Å². The molecule has 0 aliphatic rings. The summed E-state index contributed by atoms with van der Waals surface area (Å²) in [4.78, 5) is 4.30. The lowest BCUT2D eigenvalue weighted by Gasteiger charge is -2.14. The van der Waals surface area contributed by atoms with Gasteiger partial charge in [-0.15, -0.1) is 0 Å². The van der Waals surface area contributed by atoms with Gasteiger partial charge in [0.25, 0.3) is 0 Å². The third-order valence-electron chi connectivity index (χ3n) is 3.37. The fraction of sp³-hybridized carbons (Fsp3) is 0.400. The minimum atomic E-state index is 0.191. The van der Waals surface area contributed by atoms with Crippen molar-refractivity contribution < 1.29 is 5.11 Å². The Morgan fingerprint density at radius 2 is 2.26 bits per heavy atom. The van der Waals surface area contributed by atoms with Gasteiger partial charge in [0.1, 0.15) is 5.82 Å². The summed E-state index contributed by atoms with van der Waals surface area (Å²) in [5.41, 5.74) is 1.17. The van der Waals surface area contributed by atoms with Gasteiger partial charge < -0.3 is 9.67 Å². The minimum Gasteiger partial charge on any atom is -0.396 e. The number of halogens is 1. The Morgan fingerprint density at radius 1 is 1.42 bits per heavy atom. The number of aryl methyl sites for hydroxylation is 2. The van der Waals surface area contributed by atoms with Crippen molar-refractivity contribution in [3.05, 3.63) is 53.1 Å². The maximum Gasteiger partial charge on any atom is 0.108 e. The number of imidazole rings is 1. The van der Waals surface area contributed by atoms with Crippen molar-refractivity contribution in [1.82, 2.24) is 9.55 Å². The Balaban J connectivity index is 1.92. The molecule has 4 heteroatoms. The number of aliphatic hydroxyl groups excluding tert-OH is 1.